The maximum Gasteiger partial charge on any atom is 0.248 e. The van der Waals surface area contributed by atoms with E-state index in [0.717, 1.165) is 18.5 Å². The molecule has 1 amide bonds. The molecule has 13 nitrogen and oxygen atoms in total. The van der Waals surface area contributed by atoms with Gasteiger partial charge in [0.05, 0.1) is 24.9 Å². The largest absolute Gasteiger partial charge is 0.372 e. The Morgan fingerprint density at radius 2 is 1.87 bits per heavy atom. The van der Waals surface area contributed by atoms with Gasteiger partial charge in [0.2, 0.25) is 23.8 Å². The Morgan fingerprint density at radius 1 is 1.08 bits per heavy atom. The fourth-order valence-electron chi connectivity index (χ4n) is 4.97. The Balaban J connectivity index is 1.31. The average molecular weight is 524 g/mol. The van der Waals surface area contributed by atoms with Gasteiger partial charge in [-0.25, -0.2) is 9.37 Å². The summed E-state index contributed by atoms with van der Waals surface area (Å²) in [6.45, 7) is 5.14. The Labute approximate surface area is 218 Å². The number of aromatic amines is 1. The van der Waals surface area contributed by atoms with Gasteiger partial charge in [0.15, 0.2) is 11.6 Å². The van der Waals surface area contributed by atoms with Gasteiger partial charge >= 0.3 is 0 Å². The summed E-state index contributed by atoms with van der Waals surface area (Å²) in [5.74, 6) is 1.88. The molecule has 3 aromatic heterocycles. The number of carbonyl (C=O) groups is 1. The molecule has 0 aromatic carbocycles. The fourth-order valence-corrected chi connectivity index (χ4v) is 4.97. The van der Waals surface area contributed by atoms with Crippen molar-refractivity contribution >= 4 is 35.4 Å². The number of rotatable bonds is 7. The number of nitrogens with one attached hydrogen (secondary N) is 3. The lowest BCUT2D eigenvalue weighted by Crippen LogP contribution is -2.46. The van der Waals surface area contributed by atoms with E-state index in [1.165, 1.54) is 18.6 Å². The third-order valence-electron chi connectivity index (χ3n) is 6.79. The van der Waals surface area contributed by atoms with Crippen LogP contribution in [0.2, 0.25) is 0 Å². The van der Waals surface area contributed by atoms with Gasteiger partial charge in [-0.15, -0.1) is 0 Å². The Hall–Kier alpha value is -3.94. The quantitative estimate of drug-likeness (QED) is 0.418. The molecule has 0 radical (unpaired) electrons. The molecule has 0 spiro atoms. The molecule has 2 aliphatic heterocycles. The summed E-state index contributed by atoms with van der Waals surface area (Å²) < 4.78 is 20.6. The molecule has 5 heterocycles. The fraction of sp³-hybridized carbons (Fsp3) is 0.542. The number of hydrogen-bond donors (Lipinski definition) is 3. The molecular weight excluding hydrogens is 493 g/mol. The topological polar surface area (TPSA) is 150 Å². The van der Waals surface area contributed by atoms with Gasteiger partial charge in [-0.2, -0.15) is 20.1 Å². The van der Waals surface area contributed by atoms with Crippen LogP contribution in [0, 0.1) is 0 Å². The predicted molar refractivity (Wildman–Crippen MR) is 137 cm³/mol. The number of anilines is 5. The predicted octanol–water partition coefficient (Wildman–Crippen LogP) is 2.17. The average Bonchev–Trinajstić information content (AvgIpc) is 3.51. The van der Waals surface area contributed by atoms with E-state index in [1.807, 2.05) is 24.8 Å². The monoisotopic (exact) mass is 523 g/mol. The van der Waals surface area contributed by atoms with Crippen molar-refractivity contribution in [2.24, 2.45) is 0 Å². The lowest BCUT2D eigenvalue weighted by atomic mass is 10.2. The van der Waals surface area contributed by atoms with E-state index in [2.05, 4.69) is 40.8 Å². The molecule has 3 fully saturated rings. The van der Waals surface area contributed by atoms with Crippen LogP contribution >= 0.6 is 0 Å². The Morgan fingerprint density at radius 3 is 2.61 bits per heavy atom. The van der Waals surface area contributed by atoms with Gasteiger partial charge in [0.1, 0.15) is 12.2 Å². The van der Waals surface area contributed by atoms with E-state index >= 15 is 0 Å². The lowest BCUT2D eigenvalue weighted by molar-refractivity contribution is -0.117. The van der Waals surface area contributed by atoms with Crippen LogP contribution in [0.4, 0.5) is 33.9 Å². The van der Waals surface area contributed by atoms with Crippen LogP contribution in [0.3, 0.4) is 0 Å². The molecule has 2 saturated heterocycles. The van der Waals surface area contributed by atoms with Gasteiger partial charge in [-0.05, 0) is 26.7 Å². The van der Waals surface area contributed by atoms with Gasteiger partial charge in [-0.1, -0.05) is 0 Å². The number of morpholine rings is 1. The molecule has 1 saturated carbocycles. The second-order valence-electron chi connectivity index (χ2n) is 10.1. The molecule has 3 N–H and O–H groups in total. The maximum absolute atomic E-state index is 14.7. The van der Waals surface area contributed by atoms with Crippen molar-refractivity contribution in [3.63, 3.8) is 0 Å². The van der Waals surface area contributed by atoms with Crippen molar-refractivity contribution in [3.8, 4) is 0 Å². The molecule has 38 heavy (non-hydrogen) atoms. The number of halogens is 1. The highest BCUT2D eigenvalue weighted by Crippen LogP contribution is 2.39. The summed E-state index contributed by atoms with van der Waals surface area (Å²) in [5, 5.41) is 13.3. The third kappa shape index (κ3) is 5.35. The minimum absolute atomic E-state index is 0.00557. The summed E-state index contributed by atoms with van der Waals surface area (Å²) in [7, 11) is 0. The zero-order valence-electron chi connectivity index (χ0n) is 21.2. The molecule has 4 atom stereocenters. The number of hydrogen-bond acceptors (Lipinski definition) is 11. The highest BCUT2D eigenvalue weighted by Gasteiger charge is 2.39. The number of aromatic nitrogens is 7. The number of H-pyrrole nitrogens is 1. The molecule has 6 rings (SSSR count). The number of nitrogens with zero attached hydrogens (tertiary/aromatic N) is 8. The Bertz CT molecular complexity index is 1280. The van der Waals surface area contributed by atoms with Crippen molar-refractivity contribution in [1.29, 1.82) is 0 Å². The van der Waals surface area contributed by atoms with Crippen molar-refractivity contribution in [2.45, 2.75) is 63.4 Å². The maximum atomic E-state index is 14.7. The first kappa shape index (κ1) is 24.4. The van der Waals surface area contributed by atoms with Crippen molar-refractivity contribution in [3.05, 3.63) is 30.4 Å². The summed E-state index contributed by atoms with van der Waals surface area (Å²) in [6.07, 6.45) is 5.46. The zero-order valence-corrected chi connectivity index (χ0v) is 21.2. The number of alkyl halides is 1. The van der Waals surface area contributed by atoms with Crippen molar-refractivity contribution < 1.29 is 13.9 Å². The SMILES string of the molecule is C[C@@H]1CN(c2nc(Nc3cc(C4CC4)[nH]n3)nc(N3C[C@H](F)C[C@H]3C(=O)Nc3cnccn3)n2)C[C@H](C)O1. The molecule has 3 aromatic rings. The molecule has 3 aliphatic rings. The van der Waals surface area contributed by atoms with Crippen LogP contribution in [0.15, 0.2) is 24.7 Å². The Kier molecular flexibility index (Phi) is 6.47. The van der Waals surface area contributed by atoms with E-state index in [9.17, 15) is 9.18 Å². The number of amides is 1. The van der Waals surface area contributed by atoms with Crippen LogP contribution in [-0.4, -0.2) is 85.1 Å². The zero-order chi connectivity index (χ0) is 26.2. The lowest BCUT2D eigenvalue weighted by Gasteiger charge is -2.35. The molecule has 1 aliphatic carbocycles. The van der Waals surface area contributed by atoms with Gasteiger partial charge in [0, 0.05) is 49.6 Å². The summed E-state index contributed by atoms with van der Waals surface area (Å²) in [6, 6.07) is 1.12. The highest BCUT2D eigenvalue weighted by atomic mass is 19.1. The first-order valence-electron chi connectivity index (χ1n) is 12.9. The van der Waals surface area contributed by atoms with Crippen molar-refractivity contribution in [2.75, 3.05) is 40.1 Å². The van der Waals surface area contributed by atoms with E-state index in [1.54, 1.807) is 4.90 Å². The molecular formula is C24H30FN11O2. The molecule has 200 valence electrons. The van der Waals surface area contributed by atoms with Crippen LogP contribution in [0.1, 0.15) is 44.7 Å². The van der Waals surface area contributed by atoms with Gasteiger partial charge in [-0.3, -0.25) is 14.9 Å². The first-order chi connectivity index (χ1) is 18.4. The van der Waals surface area contributed by atoms with Gasteiger partial charge < -0.3 is 25.2 Å². The number of carbonyl (C=O) groups excluding carboxylic acids is 1. The van der Waals surface area contributed by atoms with Crippen LogP contribution in [0.5, 0.6) is 0 Å². The van der Waals surface area contributed by atoms with E-state index < -0.39 is 18.1 Å². The van der Waals surface area contributed by atoms with E-state index in [0.29, 0.717) is 36.6 Å². The highest BCUT2D eigenvalue weighted by molar-refractivity contribution is 5.96. The normalized spacial score (nSPS) is 25.4. The third-order valence-corrected chi connectivity index (χ3v) is 6.79. The second kappa shape index (κ2) is 10.1. The molecule has 0 unspecified atom stereocenters. The van der Waals surface area contributed by atoms with Crippen LogP contribution in [-0.2, 0) is 9.53 Å². The van der Waals surface area contributed by atoms with Crippen LogP contribution in [0.25, 0.3) is 0 Å². The summed E-state index contributed by atoms with van der Waals surface area (Å²) >= 11 is 0. The summed E-state index contributed by atoms with van der Waals surface area (Å²) in [4.78, 5) is 38.8. The smallest absolute Gasteiger partial charge is 0.248 e. The minimum atomic E-state index is -1.22. The molecule has 14 heteroatoms. The first-order valence-corrected chi connectivity index (χ1v) is 12.9. The minimum Gasteiger partial charge on any atom is -0.372 e. The number of ether oxygens (including phenoxy) is 1. The van der Waals surface area contributed by atoms with Gasteiger partial charge in [0.25, 0.3) is 0 Å². The summed E-state index contributed by atoms with van der Waals surface area (Å²) in [5.41, 5.74) is 1.07. The standard InChI is InChI=1S/C24H30FN11O2/c1-13-10-35(11-14(2)38-13)23-30-22(29-19-8-17(33-34-19)15-3-4-15)31-24(32-23)36-12-16(25)7-18(36)21(37)28-20-9-26-5-6-27-20/h5-6,8-9,13-16,18H,3-4,7,10-12H2,1-2H3,(H,27,28,37)(H2,29,30,31,32,33,34)/t13-,14+,16-,18+/m1/s1. The van der Waals surface area contributed by atoms with E-state index in [4.69, 9.17) is 9.72 Å². The van der Waals surface area contributed by atoms with Crippen molar-refractivity contribution in [1.82, 2.24) is 35.1 Å². The van der Waals surface area contributed by atoms with E-state index in [-0.39, 0.29) is 37.1 Å². The molecule has 0 bridgehead atoms. The second-order valence-corrected chi connectivity index (χ2v) is 10.1. The van der Waals surface area contributed by atoms with Crippen LogP contribution < -0.4 is 20.4 Å².